The molecule has 108 valence electrons. The molecule has 0 fully saturated rings. The maximum absolute atomic E-state index is 8.96. The third kappa shape index (κ3) is 3.90. The van der Waals surface area contributed by atoms with Gasteiger partial charge >= 0.3 is 0 Å². The second-order valence-corrected chi connectivity index (χ2v) is 5.10. The van der Waals surface area contributed by atoms with Gasteiger partial charge in [-0.15, -0.1) is 0 Å². The van der Waals surface area contributed by atoms with Crippen molar-refractivity contribution in [2.45, 2.75) is 26.9 Å². The minimum Gasteiger partial charge on any atom is -0.491 e. The highest BCUT2D eigenvalue weighted by Gasteiger charge is 2.07. The first kappa shape index (κ1) is 14.7. The summed E-state index contributed by atoms with van der Waals surface area (Å²) in [7, 11) is 0. The lowest BCUT2D eigenvalue weighted by Crippen LogP contribution is -2.06. The number of nitrogen functional groups attached to an aromatic ring is 1. The van der Waals surface area contributed by atoms with Gasteiger partial charge in [-0.1, -0.05) is 6.07 Å². The number of nitriles is 1. The molecule has 2 aromatic carbocycles. The molecule has 0 aromatic heterocycles. The van der Waals surface area contributed by atoms with Crippen molar-refractivity contribution < 1.29 is 9.47 Å². The van der Waals surface area contributed by atoms with Crippen LogP contribution < -0.4 is 15.2 Å². The van der Waals surface area contributed by atoms with E-state index in [2.05, 4.69) is 6.07 Å². The first-order valence-electron chi connectivity index (χ1n) is 6.74. The monoisotopic (exact) mass is 282 g/mol. The summed E-state index contributed by atoms with van der Waals surface area (Å²) in [6.45, 7) is 5.82. The van der Waals surface area contributed by atoms with Crippen molar-refractivity contribution in [3.05, 3.63) is 47.5 Å². The van der Waals surface area contributed by atoms with Crippen LogP contribution in [0, 0.1) is 18.3 Å². The van der Waals surface area contributed by atoms with E-state index in [1.54, 1.807) is 30.3 Å². The van der Waals surface area contributed by atoms with Crippen LogP contribution in [0.15, 0.2) is 36.4 Å². The molecule has 4 nitrogen and oxygen atoms in total. The Bertz CT molecular complexity index is 688. The van der Waals surface area contributed by atoms with Gasteiger partial charge in [0.15, 0.2) is 0 Å². The highest BCUT2D eigenvalue weighted by molar-refractivity contribution is 5.52. The number of aryl methyl sites for hydroxylation is 1. The highest BCUT2D eigenvalue weighted by Crippen LogP contribution is 2.31. The molecule has 0 saturated carbocycles. The van der Waals surface area contributed by atoms with E-state index in [4.69, 9.17) is 20.5 Å². The van der Waals surface area contributed by atoms with Crippen LogP contribution in [0.1, 0.15) is 25.0 Å². The molecule has 0 heterocycles. The average Bonchev–Trinajstić information content (AvgIpc) is 2.39. The predicted octanol–water partition coefficient (Wildman–Crippen LogP) is 4.03. The Balaban J connectivity index is 2.31. The predicted molar refractivity (Wildman–Crippen MR) is 82.6 cm³/mol. The van der Waals surface area contributed by atoms with Gasteiger partial charge in [0, 0.05) is 23.9 Å². The van der Waals surface area contributed by atoms with Crippen LogP contribution in [0.5, 0.6) is 17.2 Å². The molecule has 2 rings (SSSR count). The van der Waals surface area contributed by atoms with Gasteiger partial charge in [-0.25, -0.2) is 0 Å². The Kier molecular flexibility index (Phi) is 4.34. The number of anilines is 1. The van der Waals surface area contributed by atoms with E-state index in [0.29, 0.717) is 28.5 Å². The molecular weight excluding hydrogens is 264 g/mol. The molecule has 21 heavy (non-hydrogen) atoms. The fraction of sp³-hybridized carbons (Fsp3) is 0.235. The highest BCUT2D eigenvalue weighted by atomic mass is 16.5. The summed E-state index contributed by atoms with van der Waals surface area (Å²) in [4.78, 5) is 0. The van der Waals surface area contributed by atoms with E-state index in [0.717, 1.165) is 5.56 Å². The Morgan fingerprint density at radius 3 is 2.48 bits per heavy atom. The number of nitrogens with zero attached hydrogens (tertiary/aromatic N) is 1. The third-order valence-electron chi connectivity index (χ3n) is 2.82. The van der Waals surface area contributed by atoms with Crippen molar-refractivity contribution in [1.29, 1.82) is 5.26 Å². The molecule has 0 aliphatic heterocycles. The molecule has 0 aliphatic rings. The number of hydrogen-bond acceptors (Lipinski definition) is 4. The normalized spacial score (nSPS) is 10.2. The summed E-state index contributed by atoms with van der Waals surface area (Å²) in [5.41, 5.74) is 7.94. The van der Waals surface area contributed by atoms with Gasteiger partial charge in [0.2, 0.25) is 0 Å². The first-order chi connectivity index (χ1) is 9.97. The summed E-state index contributed by atoms with van der Waals surface area (Å²) >= 11 is 0. The van der Waals surface area contributed by atoms with Gasteiger partial charge in [-0.2, -0.15) is 5.26 Å². The summed E-state index contributed by atoms with van der Waals surface area (Å²) in [5.74, 6) is 1.88. The van der Waals surface area contributed by atoms with Gasteiger partial charge in [-0.05, 0) is 38.5 Å². The van der Waals surface area contributed by atoms with Crippen LogP contribution in [-0.2, 0) is 0 Å². The molecule has 2 N–H and O–H groups in total. The van der Waals surface area contributed by atoms with E-state index in [1.165, 1.54) is 0 Å². The van der Waals surface area contributed by atoms with Crippen LogP contribution in [0.3, 0.4) is 0 Å². The molecule has 0 unspecified atom stereocenters. The lowest BCUT2D eigenvalue weighted by molar-refractivity contribution is 0.242. The maximum Gasteiger partial charge on any atom is 0.133 e. The molecule has 0 amide bonds. The SMILES string of the molecule is Cc1ccc(C#N)cc1Oc1cc(N)cc(OC(C)C)c1. The Morgan fingerprint density at radius 2 is 1.81 bits per heavy atom. The van der Waals surface area contributed by atoms with E-state index in [9.17, 15) is 0 Å². The smallest absolute Gasteiger partial charge is 0.133 e. The molecule has 0 radical (unpaired) electrons. The van der Waals surface area contributed by atoms with Gasteiger partial charge in [0.1, 0.15) is 17.2 Å². The van der Waals surface area contributed by atoms with Crippen molar-refractivity contribution in [3.63, 3.8) is 0 Å². The number of nitrogens with two attached hydrogens (primary N) is 1. The van der Waals surface area contributed by atoms with E-state index < -0.39 is 0 Å². The second kappa shape index (κ2) is 6.19. The third-order valence-corrected chi connectivity index (χ3v) is 2.82. The van der Waals surface area contributed by atoms with Gasteiger partial charge in [-0.3, -0.25) is 0 Å². The zero-order valence-corrected chi connectivity index (χ0v) is 12.4. The Labute approximate surface area is 124 Å². The maximum atomic E-state index is 8.96. The summed E-state index contributed by atoms with van der Waals surface area (Å²) in [5, 5.41) is 8.96. The zero-order valence-electron chi connectivity index (χ0n) is 12.4. The van der Waals surface area contributed by atoms with Gasteiger partial charge < -0.3 is 15.2 Å². The molecule has 0 saturated heterocycles. The van der Waals surface area contributed by atoms with Crippen LogP contribution in [-0.4, -0.2) is 6.10 Å². The van der Waals surface area contributed by atoms with Crippen molar-refractivity contribution in [1.82, 2.24) is 0 Å². The quantitative estimate of drug-likeness (QED) is 0.860. The fourth-order valence-electron chi connectivity index (χ4n) is 1.90. The summed E-state index contributed by atoms with van der Waals surface area (Å²) < 4.78 is 11.5. The fourth-order valence-corrected chi connectivity index (χ4v) is 1.90. The van der Waals surface area contributed by atoms with Gasteiger partial charge in [0.25, 0.3) is 0 Å². The molecular formula is C17H18N2O2. The number of benzene rings is 2. The lowest BCUT2D eigenvalue weighted by atomic mass is 10.1. The van der Waals surface area contributed by atoms with E-state index in [-0.39, 0.29) is 6.10 Å². The minimum atomic E-state index is 0.0586. The van der Waals surface area contributed by atoms with Crippen molar-refractivity contribution in [3.8, 4) is 23.3 Å². The lowest BCUT2D eigenvalue weighted by Gasteiger charge is -2.14. The molecule has 2 aromatic rings. The number of ether oxygens (including phenoxy) is 2. The first-order valence-corrected chi connectivity index (χ1v) is 6.74. The number of rotatable bonds is 4. The Hall–Kier alpha value is -2.67. The van der Waals surface area contributed by atoms with Gasteiger partial charge in [0.05, 0.1) is 17.7 Å². The standard InChI is InChI=1S/C17H18N2O2/c1-11(2)20-15-7-14(19)8-16(9-15)21-17-6-13(10-18)5-4-12(17)3/h4-9,11H,19H2,1-3H3. The topological polar surface area (TPSA) is 68.3 Å². The van der Waals surface area contributed by atoms with E-state index >= 15 is 0 Å². The van der Waals surface area contributed by atoms with Crippen LogP contribution in [0.4, 0.5) is 5.69 Å². The van der Waals surface area contributed by atoms with Crippen LogP contribution >= 0.6 is 0 Å². The molecule has 0 aliphatic carbocycles. The molecule has 0 atom stereocenters. The molecule has 0 spiro atoms. The van der Waals surface area contributed by atoms with Crippen LogP contribution in [0.2, 0.25) is 0 Å². The van der Waals surface area contributed by atoms with Crippen molar-refractivity contribution in [2.75, 3.05) is 5.73 Å². The molecule has 4 heteroatoms. The molecule has 0 bridgehead atoms. The van der Waals surface area contributed by atoms with Crippen LogP contribution in [0.25, 0.3) is 0 Å². The summed E-state index contributed by atoms with van der Waals surface area (Å²) in [6, 6.07) is 12.7. The average molecular weight is 282 g/mol. The Morgan fingerprint density at radius 1 is 1.10 bits per heavy atom. The second-order valence-electron chi connectivity index (χ2n) is 5.10. The minimum absolute atomic E-state index is 0.0586. The largest absolute Gasteiger partial charge is 0.491 e. The van der Waals surface area contributed by atoms with E-state index in [1.807, 2.05) is 26.8 Å². The zero-order chi connectivity index (χ0) is 15.4. The summed E-state index contributed by atoms with van der Waals surface area (Å²) in [6.07, 6.45) is 0.0586. The number of hydrogen-bond donors (Lipinski definition) is 1. The van der Waals surface area contributed by atoms with Crippen molar-refractivity contribution >= 4 is 5.69 Å². The van der Waals surface area contributed by atoms with Crippen molar-refractivity contribution in [2.24, 2.45) is 0 Å².